The molecule has 2 aromatic carbocycles. The van der Waals surface area contributed by atoms with E-state index in [2.05, 4.69) is 0 Å². The number of aliphatic hydroxyl groups excluding tert-OH is 1. The van der Waals surface area contributed by atoms with Gasteiger partial charge < -0.3 is 28.5 Å². The Morgan fingerprint density at radius 2 is 1.69 bits per heavy atom. The summed E-state index contributed by atoms with van der Waals surface area (Å²) in [6.45, 7) is 0.633. The largest absolute Gasteiger partial charge is 0.497 e. The second kappa shape index (κ2) is 8.12. The van der Waals surface area contributed by atoms with Gasteiger partial charge in [-0.3, -0.25) is 0 Å². The molecule has 0 amide bonds. The summed E-state index contributed by atoms with van der Waals surface area (Å²) in [5.41, 5.74) is 2.29. The highest BCUT2D eigenvalue weighted by Crippen LogP contribution is 2.39. The summed E-state index contributed by atoms with van der Waals surface area (Å²) in [6.07, 6.45) is 0. The maximum absolute atomic E-state index is 9.62. The van der Waals surface area contributed by atoms with Gasteiger partial charge in [0, 0.05) is 5.39 Å². The van der Waals surface area contributed by atoms with Gasteiger partial charge in [0.1, 0.15) is 18.1 Å². The fourth-order valence-electron chi connectivity index (χ4n) is 2.80. The molecule has 0 aliphatic rings. The number of ether oxygens (including phenoxy) is 4. The maximum Gasteiger partial charge on any atom is 0.204 e. The topological polar surface area (TPSA) is 70.3 Å². The summed E-state index contributed by atoms with van der Waals surface area (Å²) in [4.78, 5) is 0. The molecule has 0 unspecified atom stereocenters. The molecule has 1 aromatic heterocycles. The molecule has 6 heteroatoms. The quantitative estimate of drug-likeness (QED) is 0.663. The van der Waals surface area contributed by atoms with Crippen molar-refractivity contribution in [3.63, 3.8) is 0 Å². The fraction of sp³-hybridized carbons (Fsp3) is 0.300. The maximum atomic E-state index is 9.62. The Balaban J connectivity index is 1.77. The van der Waals surface area contributed by atoms with Gasteiger partial charge in [0.05, 0.1) is 34.5 Å². The zero-order chi connectivity index (χ0) is 18.5. The van der Waals surface area contributed by atoms with Gasteiger partial charge in [-0.15, -0.1) is 0 Å². The molecule has 26 heavy (non-hydrogen) atoms. The van der Waals surface area contributed by atoms with E-state index in [1.54, 1.807) is 27.4 Å². The van der Waals surface area contributed by atoms with Gasteiger partial charge in [0.2, 0.25) is 5.75 Å². The van der Waals surface area contributed by atoms with Gasteiger partial charge in [-0.2, -0.15) is 0 Å². The lowest BCUT2D eigenvalue weighted by molar-refractivity contribution is 0.0939. The van der Waals surface area contributed by atoms with Crippen molar-refractivity contribution in [1.82, 2.24) is 0 Å². The van der Waals surface area contributed by atoms with Gasteiger partial charge in [-0.05, 0) is 35.4 Å². The Morgan fingerprint density at radius 3 is 2.31 bits per heavy atom. The van der Waals surface area contributed by atoms with Crippen molar-refractivity contribution in [3.05, 3.63) is 53.3 Å². The van der Waals surface area contributed by atoms with Crippen molar-refractivity contribution in [2.75, 3.05) is 21.3 Å². The highest BCUT2D eigenvalue weighted by atomic mass is 16.5. The van der Waals surface area contributed by atoms with Crippen molar-refractivity contribution < 1.29 is 28.5 Å². The number of hydrogen-bond acceptors (Lipinski definition) is 6. The minimum absolute atomic E-state index is 0.122. The molecule has 6 nitrogen and oxygen atoms in total. The summed E-state index contributed by atoms with van der Waals surface area (Å²) in [7, 11) is 4.74. The number of aliphatic hydroxyl groups is 1. The van der Waals surface area contributed by atoms with Crippen LogP contribution in [0.25, 0.3) is 11.0 Å². The first-order chi connectivity index (χ1) is 12.7. The van der Waals surface area contributed by atoms with Crippen LogP contribution in [0.5, 0.6) is 17.2 Å². The first-order valence-electron chi connectivity index (χ1n) is 8.18. The van der Waals surface area contributed by atoms with Gasteiger partial charge in [0.25, 0.3) is 0 Å². The number of furan rings is 1. The van der Waals surface area contributed by atoms with Gasteiger partial charge >= 0.3 is 0 Å². The summed E-state index contributed by atoms with van der Waals surface area (Å²) >= 11 is 0. The molecule has 0 radical (unpaired) electrons. The molecule has 0 spiro atoms. The number of hydrogen-bond donors (Lipinski definition) is 1. The van der Waals surface area contributed by atoms with Crippen molar-refractivity contribution in [1.29, 1.82) is 0 Å². The lowest BCUT2D eigenvalue weighted by Crippen LogP contribution is -1.94. The van der Waals surface area contributed by atoms with Crippen molar-refractivity contribution in [2.24, 2.45) is 0 Å². The first-order valence-corrected chi connectivity index (χ1v) is 8.18. The van der Waals surface area contributed by atoms with E-state index in [1.165, 1.54) is 0 Å². The Labute approximate surface area is 151 Å². The Morgan fingerprint density at radius 1 is 0.923 bits per heavy atom. The molecule has 0 bridgehead atoms. The van der Waals surface area contributed by atoms with Crippen LogP contribution < -0.4 is 14.2 Å². The normalized spacial score (nSPS) is 10.9. The molecule has 138 valence electrons. The minimum atomic E-state index is -0.122. The summed E-state index contributed by atoms with van der Waals surface area (Å²) in [6, 6.07) is 11.3. The van der Waals surface area contributed by atoms with Crippen LogP contribution in [0, 0.1) is 0 Å². The Hall–Kier alpha value is -2.70. The van der Waals surface area contributed by atoms with Crippen LogP contribution in [0.1, 0.15) is 16.9 Å². The van der Waals surface area contributed by atoms with Crippen LogP contribution in [-0.2, 0) is 24.6 Å². The third-order valence-corrected chi connectivity index (χ3v) is 4.13. The van der Waals surface area contributed by atoms with Crippen LogP contribution in [0.15, 0.2) is 40.8 Å². The molecular formula is C20H22O6. The smallest absolute Gasteiger partial charge is 0.204 e. The first kappa shape index (κ1) is 18.1. The fourth-order valence-corrected chi connectivity index (χ4v) is 2.80. The SMILES string of the molecule is COc1ccc(COCc2cc3c(CO)cc(OC)c(OC)c3o2)cc1. The lowest BCUT2D eigenvalue weighted by atomic mass is 10.1. The van der Waals surface area contributed by atoms with Crippen molar-refractivity contribution in [2.45, 2.75) is 19.8 Å². The van der Waals surface area contributed by atoms with E-state index in [0.29, 0.717) is 41.6 Å². The number of fused-ring (bicyclic) bond motifs is 1. The third kappa shape index (κ3) is 3.61. The Kier molecular flexibility index (Phi) is 5.65. The van der Waals surface area contributed by atoms with E-state index in [9.17, 15) is 5.11 Å². The van der Waals surface area contributed by atoms with E-state index in [0.717, 1.165) is 16.7 Å². The summed E-state index contributed by atoms with van der Waals surface area (Å²) in [5, 5.41) is 10.4. The highest BCUT2D eigenvalue weighted by molar-refractivity contribution is 5.89. The minimum Gasteiger partial charge on any atom is -0.497 e. The van der Waals surface area contributed by atoms with E-state index >= 15 is 0 Å². The number of methoxy groups -OCH3 is 3. The third-order valence-electron chi connectivity index (χ3n) is 4.13. The highest BCUT2D eigenvalue weighted by Gasteiger charge is 2.18. The van der Waals surface area contributed by atoms with Crippen molar-refractivity contribution >= 4 is 11.0 Å². The van der Waals surface area contributed by atoms with Crippen molar-refractivity contribution in [3.8, 4) is 17.2 Å². The van der Waals surface area contributed by atoms with E-state index in [1.807, 2.05) is 30.3 Å². The molecular weight excluding hydrogens is 336 g/mol. The van der Waals surface area contributed by atoms with E-state index in [4.69, 9.17) is 23.4 Å². The average molecular weight is 358 g/mol. The molecule has 1 heterocycles. The predicted octanol–water partition coefficient (Wildman–Crippen LogP) is 3.67. The Bertz CT molecular complexity index is 866. The van der Waals surface area contributed by atoms with E-state index < -0.39 is 0 Å². The standard InChI is InChI=1S/C20H22O6/c1-22-15-6-4-13(5-7-15)11-25-12-16-9-17-14(10-21)8-18(23-2)20(24-3)19(17)26-16/h4-9,21H,10-12H2,1-3H3. The second-order valence-corrected chi connectivity index (χ2v) is 5.73. The van der Waals surface area contributed by atoms with Crippen LogP contribution in [0.3, 0.4) is 0 Å². The van der Waals surface area contributed by atoms with E-state index in [-0.39, 0.29) is 6.61 Å². The van der Waals surface area contributed by atoms with Crippen LogP contribution >= 0.6 is 0 Å². The molecule has 3 rings (SSSR count). The molecule has 0 atom stereocenters. The molecule has 3 aromatic rings. The molecule has 0 saturated carbocycles. The summed E-state index contributed by atoms with van der Waals surface area (Å²) < 4.78 is 27.5. The monoisotopic (exact) mass is 358 g/mol. The molecule has 1 N–H and O–H groups in total. The second-order valence-electron chi connectivity index (χ2n) is 5.73. The molecule has 0 fully saturated rings. The lowest BCUT2D eigenvalue weighted by Gasteiger charge is -2.09. The number of benzene rings is 2. The molecule has 0 saturated heterocycles. The zero-order valence-electron chi connectivity index (χ0n) is 15.1. The number of rotatable bonds is 8. The van der Waals surface area contributed by atoms with Crippen LogP contribution in [0.4, 0.5) is 0 Å². The van der Waals surface area contributed by atoms with Gasteiger partial charge in [-0.25, -0.2) is 0 Å². The molecule has 0 aliphatic carbocycles. The van der Waals surface area contributed by atoms with Crippen LogP contribution in [-0.4, -0.2) is 26.4 Å². The average Bonchev–Trinajstić information content (AvgIpc) is 3.11. The zero-order valence-corrected chi connectivity index (χ0v) is 15.1. The molecule has 0 aliphatic heterocycles. The van der Waals surface area contributed by atoms with Gasteiger partial charge in [0.15, 0.2) is 11.3 Å². The summed E-state index contributed by atoms with van der Waals surface area (Å²) in [5.74, 6) is 2.48. The van der Waals surface area contributed by atoms with Crippen LogP contribution in [0.2, 0.25) is 0 Å². The van der Waals surface area contributed by atoms with Gasteiger partial charge in [-0.1, -0.05) is 12.1 Å². The predicted molar refractivity (Wildman–Crippen MR) is 96.7 cm³/mol.